The predicted octanol–water partition coefficient (Wildman–Crippen LogP) is 4.36. The molecule has 0 radical (unpaired) electrons. The van der Waals surface area contributed by atoms with E-state index in [0.29, 0.717) is 23.8 Å². The topological polar surface area (TPSA) is 35.5 Å². The van der Waals surface area contributed by atoms with E-state index in [9.17, 15) is 5.11 Å². The van der Waals surface area contributed by atoms with E-state index in [1.165, 1.54) is 43.4 Å². The molecular weight excluding hydrogens is 344 g/mol. The summed E-state index contributed by atoms with van der Waals surface area (Å²) in [4.78, 5) is 2.75. The lowest BCUT2D eigenvalue weighted by Gasteiger charge is -2.56. The van der Waals surface area contributed by atoms with E-state index in [1.54, 1.807) is 6.07 Å². The highest BCUT2D eigenvalue weighted by Gasteiger charge is 2.50. The lowest BCUT2D eigenvalue weighted by atomic mass is 9.57. The SMILES string of the molecule is CN[C@H]1C[C@H]2C[C@@](c3cccc(O)c3)(C1)[C@H](C)CN2CCCc1ccccc1. The van der Waals surface area contributed by atoms with Gasteiger partial charge < -0.3 is 10.4 Å². The van der Waals surface area contributed by atoms with Crippen LogP contribution in [0.4, 0.5) is 0 Å². The third kappa shape index (κ3) is 3.83. The van der Waals surface area contributed by atoms with E-state index in [2.05, 4.69) is 60.6 Å². The first-order chi connectivity index (χ1) is 13.6. The van der Waals surface area contributed by atoms with Gasteiger partial charge in [-0.2, -0.15) is 0 Å². The third-order valence-corrected chi connectivity index (χ3v) is 7.32. The summed E-state index contributed by atoms with van der Waals surface area (Å²) in [6.45, 7) is 4.75. The van der Waals surface area contributed by atoms with Gasteiger partial charge in [0.05, 0.1) is 0 Å². The van der Waals surface area contributed by atoms with Crippen LogP contribution in [-0.4, -0.2) is 42.2 Å². The number of likely N-dealkylation sites (tertiary alicyclic amines) is 1. The molecule has 28 heavy (non-hydrogen) atoms. The third-order valence-electron chi connectivity index (χ3n) is 7.32. The maximum Gasteiger partial charge on any atom is 0.115 e. The molecule has 2 aromatic rings. The van der Waals surface area contributed by atoms with E-state index >= 15 is 0 Å². The van der Waals surface area contributed by atoms with E-state index in [4.69, 9.17) is 0 Å². The number of nitrogens with zero attached hydrogens (tertiary/aromatic N) is 1. The number of rotatable bonds is 6. The summed E-state index contributed by atoms with van der Waals surface area (Å²) in [7, 11) is 2.10. The summed E-state index contributed by atoms with van der Waals surface area (Å²) >= 11 is 0. The molecule has 3 nitrogen and oxygen atoms in total. The Morgan fingerprint density at radius 2 is 1.93 bits per heavy atom. The van der Waals surface area contributed by atoms with Crippen LogP contribution in [0.1, 0.15) is 43.7 Å². The minimum absolute atomic E-state index is 0.172. The van der Waals surface area contributed by atoms with Gasteiger partial charge in [0.15, 0.2) is 0 Å². The van der Waals surface area contributed by atoms with Crippen molar-refractivity contribution in [1.82, 2.24) is 10.2 Å². The largest absolute Gasteiger partial charge is 0.508 e. The second-order valence-corrected chi connectivity index (χ2v) is 8.97. The van der Waals surface area contributed by atoms with E-state index in [0.717, 1.165) is 13.0 Å². The summed E-state index contributed by atoms with van der Waals surface area (Å²) in [6.07, 6.45) is 5.99. The molecule has 0 aromatic heterocycles. The molecule has 2 fully saturated rings. The summed E-state index contributed by atoms with van der Waals surface area (Å²) in [5.41, 5.74) is 2.94. The number of piperidine rings is 1. The number of phenols is 1. The number of phenolic OH excluding ortho intramolecular Hbond substituents is 1. The van der Waals surface area contributed by atoms with E-state index in [-0.39, 0.29) is 5.41 Å². The number of fused-ring (bicyclic) bond motifs is 2. The first-order valence-electron chi connectivity index (χ1n) is 10.9. The fourth-order valence-corrected chi connectivity index (χ4v) is 5.76. The summed E-state index contributed by atoms with van der Waals surface area (Å²) in [6, 6.07) is 20.1. The predicted molar refractivity (Wildman–Crippen MR) is 116 cm³/mol. The van der Waals surface area contributed by atoms with Crippen LogP contribution in [-0.2, 0) is 11.8 Å². The number of benzene rings is 2. The summed E-state index contributed by atoms with van der Waals surface area (Å²) in [5.74, 6) is 0.978. The molecule has 4 rings (SSSR count). The minimum atomic E-state index is 0.172. The Morgan fingerprint density at radius 1 is 1.11 bits per heavy atom. The zero-order valence-electron chi connectivity index (χ0n) is 17.3. The second-order valence-electron chi connectivity index (χ2n) is 8.97. The van der Waals surface area contributed by atoms with Crippen molar-refractivity contribution >= 4 is 0 Å². The smallest absolute Gasteiger partial charge is 0.115 e. The Bertz CT molecular complexity index is 777. The Kier molecular flexibility index (Phi) is 5.75. The zero-order valence-corrected chi connectivity index (χ0v) is 17.3. The molecule has 2 bridgehead atoms. The van der Waals surface area contributed by atoms with Crippen LogP contribution in [0.5, 0.6) is 5.75 Å². The average molecular weight is 379 g/mol. The fourth-order valence-electron chi connectivity index (χ4n) is 5.76. The molecule has 0 spiro atoms. The number of aromatic hydroxyl groups is 1. The van der Waals surface area contributed by atoms with Crippen LogP contribution in [0.15, 0.2) is 54.6 Å². The van der Waals surface area contributed by atoms with Gasteiger partial charge in [0.2, 0.25) is 0 Å². The van der Waals surface area contributed by atoms with Gasteiger partial charge in [-0.05, 0) is 74.9 Å². The summed E-state index contributed by atoms with van der Waals surface area (Å²) in [5, 5.41) is 13.7. The Morgan fingerprint density at radius 3 is 2.68 bits per heavy atom. The highest BCUT2D eigenvalue weighted by molar-refractivity contribution is 5.36. The standard InChI is InChI=1S/C25H34N2O/c1-19-18-27(13-7-10-20-8-4-3-5-9-20)23-15-22(26-2)16-25(19,17-23)21-11-6-12-24(28)14-21/h3-6,8-9,11-12,14,19,22-23,26,28H,7,10,13,15-18H2,1-2H3/t19-,22+,23+,25+/m1/s1. The van der Waals surface area contributed by atoms with Crippen LogP contribution in [0.3, 0.4) is 0 Å². The fraction of sp³-hybridized carbons (Fsp3) is 0.520. The lowest BCUT2D eigenvalue weighted by Crippen LogP contribution is -2.60. The maximum atomic E-state index is 10.1. The van der Waals surface area contributed by atoms with Crippen molar-refractivity contribution in [3.63, 3.8) is 0 Å². The van der Waals surface area contributed by atoms with Gasteiger partial charge in [0.1, 0.15) is 5.75 Å². The van der Waals surface area contributed by atoms with Crippen molar-refractivity contribution in [2.24, 2.45) is 5.92 Å². The molecule has 1 heterocycles. The van der Waals surface area contributed by atoms with Crippen LogP contribution < -0.4 is 5.32 Å². The molecule has 4 atom stereocenters. The molecule has 150 valence electrons. The Labute approximate surface area is 169 Å². The highest BCUT2D eigenvalue weighted by atomic mass is 16.3. The Balaban J connectivity index is 1.50. The number of hydrogen-bond donors (Lipinski definition) is 2. The molecule has 1 saturated heterocycles. The second kappa shape index (κ2) is 8.26. The zero-order chi connectivity index (χ0) is 19.6. The van der Waals surface area contributed by atoms with Gasteiger partial charge in [-0.1, -0.05) is 49.4 Å². The summed E-state index contributed by atoms with van der Waals surface area (Å²) < 4.78 is 0. The number of aryl methyl sites for hydroxylation is 1. The first kappa shape index (κ1) is 19.5. The van der Waals surface area contributed by atoms with Crippen LogP contribution in [0.2, 0.25) is 0 Å². The highest BCUT2D eigenvalue weighted by Crippen LogP contribution is 2.50. The molecule has 2 aromatic carbocycles. The molecule has 1 saturated carbocycles. The van der Waals surface area contributed by atoms with Crippen molar-refractivity contribution in [1.29, 1.82) is 0 Å². The normalized spacial score (nSPS) is 30.3. The van der Waals surface area contributed by atoms with Gasteiger partial charge in [0, 0.05) is 24.0 Å². The number of nitrogens with one attached hydrogen (secondary N) is 1. The van der Waals surface area contributed by atoms with Crippen LogP contribution in [0.25, 0.3) is 0 Å². The van der Waals surface area contributed by atoms with Gasteiger partial charge in [-0.15, -0.1) is 0 Å². The van der Waals surface area contributed by atoms with Crippen molar-refractivity contribution in [3.8, 4) is 5.75 Å². The first-order valence-corrected chi connectivity index (χ1v) is 10.9. The van der Waals surface area contributed by atoms with Crippen LogP contribution >= 0.6 is 0 Å². The number of hydrogen-bond acceptors (Lipinski definition) is 3. The molecule has 3 heteroatoms. The quantitative estimate of drug-likeness (QED) is 0.784. The average Bonchev–Trinajstić information content (AvgIpc) is 2.72. The van der Waals surface area contributed by atoms with Crippen molar-refractivity contribution in [3.05, 3.63) is 65.7 Å². The minimum Gasteiger partial charge on any atom is -0.508 e. The Hall–Kier alpha value is -1.84. The molecule has 1 aliphatic carbocycles. The molecule has 1 aliphatic heterocycles. The van der Waals surface area contributed by atoms with Gasteiger partial charge in [0.25, 0.3) is 0 Å². The lowest BCUT2D eigenvalue weighted by molar-refractivity contribution is -0.00269. The van der Waals surface area contributed by atoms with E-state index in [1.807, 2.05) is 12.1 Å². The van der Waals surface area contributed by atoms with Crippen molar-refractivity contribution in [2.45, 2.75) is 56.5 Å². The molecule has 0 unspecified atom stereocenters. The molecule has 2 N–H and O–H groups in total. The van der Waals surface area contributed by atoms with Crippen LogP contribution in [0, 0.1) is 5.92 Å². The van der Waals surface area contributed by atoms with Gasteiger partial charge in [-0.25, -0.2) is 0 Å². The van der Waals surface area contributed by atoms with Crippen molar-refractivity contribution < 1.29 is 5.11 Å². The maximum absolute atomic E-state index is 10.1. The van der Waals surface area contributed by atoms with Gasteiger partial charge in [-0.3, -0.25) is 4.90 Å². The van der Waals surface area contributed by atoms with Crippen molar-refractivity contribution in [2.75, 3.05) is 20.1 Å². The molecule has 0 amide bonds. The molecule has 2 aliphatic rings. The van der Waals surface area contributed by atoms with E-state index < -0.39 is 0 Å². The van der Waals surface area contributed by atoms with Gasteiger partial charge >= 0.3 is 0 Å². The molecular formula is C25H34N2O. The monoisotopic (exact) mass is 378 g/mol.